The fourth-order valence-corrected chi connectivity index (χ4v) is 2.04. The molecule has 0 spiro atoms. The van der Waals surface area contributed by atoms with Crippen LogP contribution in [0.3, 0.4) is 0 Å². The molecule has 2 nitrogen and oxygen atoms in total. The second-order valence-corrected chi connectivity index (χ2v) is 4.61. The summed E-state index contributed by atoms with van der Waals surface area (Å²) in [5, 5.41) is 0. The van der Waals surface area contributed by atoms with Crippen molar-refractivity contribution in [2.24, 2.45) is 5.92 Å². The van der Waals surface area contributed by atoms with Crippen LogP contribution in [-0.4, -0.2) is 12.4 Å². The van der Waals surface area contributed by atoms with Crippen LogP contribution in [0.2, 0.25) is 0 Å². The van der Waals surface area contributed by atoms with Gasteiger partial charge in [0, 0.05) is 0 Å². The lowest BCUT2D eigenvalue weighted by Gasteiger charge is -2.25. The first kappa shape index (κ1) is 12.1. The number of para-hydroxylation sites is 1. The molecule has 92 valence electrons. The summed E-state index contributed by atoms with van der Waals surface area (Å²) < 4.78 is 19.0. The number of carbonyl (C=O) groups excluding carboxylic acids is 1. The Balaban J connectivity index is 2.00. The fraction of sp³-hybridized carbons (Fsp3) is 0.500. The Kier molecular flexibility index (Phi) is 3.77. The molecule has 1 fully saturated rings. The molecule has 17 heavy (non-hydrogen) atoms. The maximum atomic E-state index is 13.6. The summed E-state index contributed by atoms with van der Waals surface area (Å²) in [6, 6.07) is 4.46. The maximum Gasteiger partial charge on any atom is 0.165 e. The van der Waals surface area contributed by atoms with Gasteiger partial charge in [0.05, 0.1) is 12.2 Å². The van der Waals surface area contributed by atoms with Crippen LogP contribution in [0.25, 0.3) is 0 Å². The molecule has 0 unspecified atom stereocenters. The molecule has 1 saturated carbocycles. The highest BCUT2D eigenvalue weighted by Crippen LogP contribution is 2.30. The first-order chi connectivity index (χ1) is 8.18. The Morgan fingerprint density at radius 2 is 2.24 bits per heavy atom. The maximum absolute atomic E-state index is 13.6. The van der Waals surface area contributed by atoms with Crippen molar-refractivity contribution < 1.29 is 13.9 Å². The average molecular weight is 236 g/mol. The third-order valence-electron chi connectivity index (χ3n) is 3.34. The van der Waals surface area contributed by atoms with Crippen LogP contribution in [0.4, 0.5) is 4.39 Å². The number of hydrogen-bond acceptors (Lipinski definition) is 2. The smallest absolute Gasteiger partial charge is 0.165 e. The van der Waals surface area contributed by atoms with Crippen LogP contribution in [-0.2, 0) is 0 Å². The summed E-state index contributed by atoms with van der Waals surface area (Å²) in [4.78, 5) is 11.3. The van der Waals surface area contributed by atoms with Gasteiger partial charge in [0.25, 0.3) is 0 Å². The molecule has 0 radical (unpaired) electrons. The number of ether oxygens (including phenoxy) is 1. The Bertz CT molecular complexity index is 411. The van der Waals surface area contributed by atoms with Crippen LogP contribution in [0.1, 0.15) is 43.0 Å². The van der Waals surface area contributed by atoms with Gasteiger partial charge in [-0.05, 0) is 31.4 Å². The number of benzene rings is 1. The Morgan fingerprint density at radius 1 is 1.47 bits per heavy atom. The van der Waals surface area contributed by atoms with Gasteiger partial charge in [0.15, 0.2) is 17.3 Å². The molecule has 0 saturated heterocycles. The first-order valence-corrected chi connectivity index (χ1v) is 6.10. The molecule has 1 aliphatic rings. The zero-order valence-corrected chi connectivity index (χ0v) is 10.0. The van der Waals surface area contributed by atoms with Gasteiger partial charge in [-0.2, -0.15) is 0 Å². The van der Waals surface area contributed by atoms with E-state index >= 15 is 0 Å². The molecule has 0 aliphatic heterocycles. The number of hydrogen-bond donors (Lipinski definition) is 0. The monoisotopic (exact) mass is 236 g/mol. The summed E-state index contributed by atoms with van der Waals surface area (Å²) in [6.07, 6.45) is 4.75. The van der Waals surface area contributed by atoms with E-state index in [1.54, 1.807) is 6.07 Å². The molecule has 2 rings (SSSR count). The third kappa shape index (κ3) is 2.84. The van der Waals surface area contributed by atoms with E-state index in [4.69, 9.17) is 4.74 Å². The predicted molar refractivity (Wildman–Crippen MR) is 63.9 cm³/mol. The lowest BCUT2D eigenvalue weighted by molar-refractivity contribution is 0.101. The SMILES string of the molecule is CC(=O)c1cccc(F)c1OCCC1CCC1. The van der Waals surface area contributed by atoms with Crippen molar-refractivity contribution in [1.82, 2.24) is 0 Å². The van der Waals surface area contributed by atoms with Gasteiger partial charge in [-0.15, -0.1) is 0 Å². The van der Waals surface area contributed by atoms with Gasteiger partial charge in [-0.3, -0.25) is 4.79 Å². The van der Waals surface area contributed by atoms with Crippen LogP contribution in [0, 0.1) is 11.7 Å². The molecule has 0 atom stereocenters. The summed E-state index contributed by atoms with van der Waals surface area (Å²) in [5.41, 5.74) is 0.332. The molecule has 0 heterocycles. The highest BCUT2D eigenvalue weighted by Gasteiger charge is 2.18. The number of halogens is 1. The quantitative estimate of drug-likeness (QED) is 0.730. The van der Waals surface area contributed by atoms with Crippen molar-refractivity contribution in [3.63, 3.8) is 0 Å². The predicted octanol–water partition coefficient (Wildman–Crippen LogP) is 3.60. The van der Waals surface area contributed by atoms with E-state index in [2.05, 4.69) is 0 Å². The van der Waals surface area contributed by atoms with Crippen molar-refractivity contribution in [2.45, 2.75) is 32.6 Å². The molecule has 3 heteroatoms. The largest absolute Gasteiger partial charge is 0.490 e. The lowest BCUT2D eigenvalue weighted by atomic mass is 9.83. The fourth-order valence-electron chi connectivity index (χ4n) is 2.04. The van der Waals surface area contributed by atoms with Crippen molar-refractivity contribution in [3.8, 4) is 5.75 Å². The Labute approximate surface area is 101 Å². The van der Waals surface area contributed by atoms with E-state index in [9.17, 15) is 9.18 Å². The zero-order chi connectivity index (χ0) is 12.3. The van der Waals surface area contributed by atoms with Crippen LogP contribution in [0.5, 0.6) is 5.75 Å². The van der Waals surface area contributed by atoms with Crippen LogP contribution < -0.4 is 4.74 Å². The number of Topliss-reactive ketones (excluding diaryl/α,β-unsaturated/α-hetero) is 1. The molecular weight excluding hydrogens is 219 g/mol. The standard InChI is InChI=1S/C14H17FO2/c1-10(16)12-6-3-7-13(15)14(12)17-9-8-11-4-2-5-11/h3,6-7,11H,2,4-5,8-9H2,1H3. The van der Waals surface area contributed by atoms with E-state index in [0.29, 0.717) is 12.2 Å². The van der Waals surface area contributed by atoms with Gasteiger partial charge in [-0.1, -0.05) is 25.3 Å². The van der Waals surface area contributed by atoms with Gasteiger partial charge in [0.2, 0.25) is 0 Å². The molecule has 1 aromatic carbocycles. The number of rotatable bonds is 5. The van der Waals surface area contributed by atoms with E-state index in [-0.39, 0.29) is 11.5 Å². The Hall–Kier alpha value is -1.38. The van der Waals surface area contributed by atoms with Gasteiger partial charge < -0.3 is 4.74 Å². The van der Waals surface area contributed by atoms with Gasteiger partial charge in [0.1, 0.15) is 0 Å². The van der Waals surface area contributed by atoms with E-state index in [1.807, 2.05) is 0 Å². The topological polar surface area (TPSA) is 26.3 Å². The highest BCUT2D eigenvalue weighted by atomic mass is 19.1. The van der Waals surface area contributed by atoms with E-state index in [1.165, 1.54) is 38.3 Å². The van der Waals surface area contributed by atoms with E-state index < -0.39 is 5.82 Å². The minimum absolute atomic E-state index is 0.110. The average Bonchev–Trinajstić information content (AvgIpc) is 2.23. The second-order valence-electron chi connectivity index (χ2n) is 4.61. The highest BCUT2D eigenvalue weighted by molar-refractivity contribution is 5.96. The molecular formula is C14H17FO2. The summed E-state index contributed by atoms with van der Waals surface area (Å²) in [5.74, 6) is 0.219. The minimum atomic E-state index is -0.452. The molecule has 1 aliphatic carbocycles. The van der Waals surface area contributed by atoms with Crippen LogP contribution >= 0.6 is 0 Å². The molecule has 0 N–H and O–H groups in total. The Morgan fingerprint density at radius 3 is 2.82 bits per heavy atom. The normalized spacial score (nSPS) is 15.4. The molecule has 0 bridgehead atoms. The minimum Gasteiger partial charge on any atom is -0.490 e. The number of carbonyl (C=O) groups is 1. The zero-order valence-electron chi connectivity index (χ0n) is 10.0. The lowest BCUT2D eigenvalue weighted by Crippen LogP contribution is -2.15. The van der Waals surface area contributed by atoms with Crippen molar-refractivity contribution in [1.29, 1.82) is 0 Å². The second kappa shape index (κ2) is 5.30. The first-order valence-electron chi connectivity index (χ1n) is 6.10. The third-order valence-corrected chi connectivity index (χ3v) is 3.34. The molecule has 0 amide bonds. The molecule has 0 aromatic heterocycles. The van der Waals surface area contributed by atoms with Crippen molar-refractivity contribution in [3.05, 3.63) is 29.6 Å². The van der Waals surface area contributed by atoms with Crippen LogP contribution in [0.15, 0.2) is 18.2 Å². The van der Waals surface area contributed by atoms with E-state index in [0.717, 1.165) is 12.3 Å². The summed E-state index contributed by atoms with van der Waals surface area (Å²) in [7, 11) is 0. The number of ketones is 1. The molecule has 1 aromatic rings. The van der Waals surface area contributed by atoms with Crippen molar-refractivity contribution in [2.75, 3.05) is 6.61 Å². The summed E-state index contributed by atoms with van der Waals surface area (Å²) in [6.45, 7) is 1.92. The van der Waals surface area contributed by atoms with Gasteiger partial charge in [-0.25, -0.2) is 4.39 Å². The van der Waals surface area contributed by atoms with Gasteiger partial charge >= 0.3 is 0 Å². The summed E-state index contributed by atoms with van der Waals surface area (Å²) >= 11 is 0. The van der Waals surface area contributed by atoms with Crippen molar-refractivity contribution >= 4 is 5.78 Å².